The van der Waals surface area contributed by atoms with Gasteiger partial charge in [0.25, 0.3) is 0 Å². The van der Waals surface area contributed by atoms with Gasteiger partial charge >= 0.3 is 16.1 Å². The number of ketones is 1. The Morgan fingerprint density at radius 3 is 2.49 bits per heavy atom. The standard InChI is InChI=1S/C28H31ClFN4O5S2/c1-28(2)18-40-26(32-28)25(35)21-6-5-7-22(24(21)29)39-27(36)34(41(37,38)20-11-9-19(30)10-12-20)16-14-33(15-17-34)23-8-3-4-13-31-23/h3-4,7-13,26,32H,5-6,14-18H2,1-2H3/q+1/t26-/m0/s1. The number of halogens is 2. The number of nitrogens with zero attached hydrogens (tertiary/aromatic N) is 3. The van der Waals surface area contributed by atoms with Crippen molar-refractivity contribution in [3.63, 3.8) is 0 Å². The summed E-state index contributed by atoms with van der Waals surface area (Å²) in [7, 11) is -4.39. The number of rotatable bonds is 6. The molecular weight excluding hydrogens is 591 g/mol. The molecule has 5 rings (SSSR count). The monoisotopic (exact) mass is 621 g/mol. The molecule has 3 heterocycles. The van der Waals surface area contributed by atoms with Crippen molar-refractivity contribution in [3.05, 3.63) is 76.9 Å². The molecule has 2 saturated heterocycles. The lowest BCUT2D eigenvalue weighted by Gasteiger charge is -2.40. The Bertz CT molecular complexity index is 1510. The second kappa shape index (κ2) is 11.5. The molecule has 2 aromatic rings. The van der Waals surface area contributed by atoms with E-state index in [1.54, 1.807) is 24.4 Å². The van der Waals surface area contributed by atoms with Crippen molar-refractivity contribution in [2.24, 2.45) is 0 Å². The number of hydrogen-bond acceptors (Lipinski definition) is 9. The highest BCUT2D eigenvalue weighted by molar-refractivity contribution is 8.00. The van der Waals surface area contributed by atoms with Gasteiger partial charge in [-0.2, -0.15) is 13.2 Å². The van der Waals surface area contributed by atoms with Crippen LogP contribution in [0.15, 0.2) is 76.0 Å². The molecule has 0 saturated carbocycles. The maximum atomic E-state index is 14.0. The highest BCUT2D eigenvalue weighted by Crippen LogP contribution is 2.37. The summed E-state index contributed by atoms with van der Waals surface area (Å²) in [4.78, 5) is 33.2. The SMILES string of the molecule is CC1(C)CS[C@@H](C(=O)C2=C(Cl)C(OC(=O)[N+]3(S(=O)(=O)c4ccc(F)cc4)CCN(c4ccccn4)CC3)=CCC2)N1. The van der Waals surface area contributed by atoms with E-state index in [2.05, 4.69) is 10.3 Å². The smallest absolute Gasteiger partial charge is 0.379 e. The average Bonchev–Trinajstić information content (AvgIpc) is 3.34. The summed E-state index contributed by atoms with van der Waals surface area (Å²) >= 11 is 8.13. The zero-order valence-electron chi connectivity index (χ0n) is 22.7. The van der Waals surface area contributed by atoms with Crippen molar-refractivity contribution in [1.82, 2.24) is 10.3 Å². The number of amides is 1. The van der Waals surface area contributed by atoms with Crippen LogP contribution in [0.2, 0.25) is 0 Å². The number of quaternary nitrogens is 1. The zero-order valence-corrected chi connectivity index (χ0v) is 25.1. The minimum atomic E-state index is -4.39. The van der Waals surface area contributed by atoms with Gasteiger partial charge in [0.05, 0.1) is 18.1 Å². The number of anilines is 1. The van der Waals surface area contributed by atoms with Gasteiger partial charge in [0.2, 0.25) is 0 Å². The van der Waals surface area contributed by atoms with E-state index in [1.807, 2.05) is 24.8 Å². The lowest BCUT2D eigenvalue weighted by molar-refractivity contribution is -0.731. The fourth-order valence-corrected chi connectivity index (χ4v) is 8.53. The number of thioether (sulfide) groups is 1. The van der Waals surface area contributed by atoms with Crippen LogP contribution in [0.3, 0.4) is 0 Å². The molecular formula is C28H31ClFN4O5S2+. The van der Waals surface area contributed by atoms with Gasteiger partial charge in [-0.1, -0.05) is 17.7 Å². The molecule has 1 atom stereocenters. The first kappa shape index (κ1) is 29.7. The molecule has 1 N–H and O–H groups in total. The molecule has 1 aromatic heterocycles. The van der Waals surface area contributed by atoms with Crippen LogP contribution in [0.1, 0.15) is 26.7 Å². The number of allylic oxidation sites excluding steroid dienone is 2. The molecule has 0 spiro atoms. The number of benzene rings is 1. The third kappa shape index (κ3) is 5.80. The first-order valence-corrected chi connectivity index (χ1v) is 16.1. The summed E-state index contributed by atoms with van der Waals surface area (Å²) in [6, 6.07) is 9.77. The average molecular weight is 622 g/mol. The number of carbonyl (C=O) groups is 2. The molecule has 0 unspecified atom stereocenters. The van der Waals surface area contributed by atoms with Crippen LogP contribution < -0.4 is 10.2 Å². The van der Waals surface area contributed by atoms with Crippen LogP contribution in [-0.2, 0) is 19.6 Å². The van der Waals surface area contributed by atoms with Gasteiger partial charge in [0.15, 0.2) is 11.5 Å². The van der Waals surface area contributed by atoms with Crippen LogP contribution in [0, 0.1) is 5.82 Å². The summed E-state index contributed by atoms with van der Waals surface area (Å²) in [5.74, 6) is 0.593. The molecule has 0 radical (unpaired) electrons. The molecule has 13 heteroatoms. The Morgan fingerprint density at radius 1 is 1.17 bits per heavy atom. The van der Waals surface area contributed by atoms with Crippen LogP contribution in [-0.4, -0.2) is 72.0 Å². The molecule has 3 aliphatic rings. The van der Waals surface area contributed by atoms with E-state index >= 15 is 0 Å². The lowest BCUT2D eigenvalue weighted by atomic mass is 9.99. The van der Waals surface area contributed by atoms with Crippen molar-refractivity contribution in [2.75, 3.05) is 36.8 Å². The molecule has 1 aliphatic carbocycles. The van der Waals surface area contributed by atoms with Gasteiger partial charge in [0, 0.05) is 23.1 Å². The number of aromatic nitrogens is 1. The van der Waals surface area contributed by atoms with Gasteiger partial charge in [-0.25, -0.2) is 9.37 Å². The predicted molar refractivity (Wildman–Crippen MR) is 155 cm³/mol. The second-order valence-electron chi connectivity index (χ2n) is 10.8. The number of pyridine rings is 1. The van der Waals surface area contributed by atoms with E-state index in [1.165, 1.54) is 11.8 Å². The molecule has 1 aromatic carbocycles. The quantitative estimate of drug-likeness (QED) is 0.465. The Morgan fingerprint density at radius 2 is 1.88 bits per heavy atom. The van der Waals surface area contributed by atoms with E-state index in [0.29, 0.717) is 24.2 Å². The topological polar surface area (TPSA) is 106 Å². The molecule has 41 heavy (non-hydrogen) atoms. The minimum Gasteiger partial charge on any atom is -0.379 e. The summed E-state index contributed by atoms with van der Waals surface area (Å²) in [6.07, 6.45) is 2.98. The Labute approximate surface area is 248 Å². The highest BCUT2D eigenvalue weighted by atomic mass is 35.5. The van der Waals surface area contributed by atoms with Crippen molar-refractivity contribution < 1.29 is 31.0 Å². The van der Waals surface area contributed by atoms with Crippen LogP contribution in [0.5, 0.6) is 0 Å². The fraction of sp³-hybridized carbons (Fsp3) is 0.393. The van der Waals surface area contributed by atoms with Crippen LogP contribution in [0.25, 0.3) is 0 Å². The number of Topliss-reactive ketones (excluding diaryl/α,β-unsaturated/α-hetero) is 1. The van der Waals surface area contributed by atoms with Crippen LogP contribution >= 0.6 is 23.4 Å². The summed E-state index contributed by atoms with van der Waals surface area (Å²) in [5.41, 5.74) is 0.133. The number of carbonyl (C=O) groups excluding carboxylic acids is 2. The number of ether oxygens (including phenoxy) is 1. The lowest BCUT2D eigenvalue weighted by Crippen LogP contribution is -2.65. The molecule has 9 nitrogen and oxygen atoms in total. The van der Waals surface area contributed by atoms with Crippen molar-refractivity contribution >= 4 is 51.1 Å². The molecule has 0 bridgehead atoms. The first-order chi connectivity index (χ1) is 19.4. The number of nitrogens with one attached hydrogen (secondary N) is 1. The highest BCUT2D eigenvalue weighted by Gasteiger charge is 2.54. The maximum absolute atomic E-state index is 14.0. The summed E-state index contributed by atoms with van der Waals surface area (Å²) in [6.45, 7) is 4.11. The third-order valence-electron chi connectivity index (χ3n) is 7.41. The molecule has 218 valence electrons. The number of hydrogen-bond donors (Lipinski definition) is 1. The van der Waals surface area contributed by atoms with Crippen molar-refractivity contribution in [1.29, 1.82) is 0 Å². The van der Waals surface area contributed by atoms with E-state index < -0.39 is 31.2 Å². The van der Waals surface area contributed by atoms with E-state index in [9.17, 15) is 22.4 Å². The molecule has 2 fully saturated rings. The van der Waals surface area contributed by atoms with Gasteiger partial charge in [-0.05, 0) is 69.2 Å². The van der Waals surface area contributed by atoms with Gasteiger partial charge in [-0.3, -0.25) is 10.1 Å². The number of sulfonamides is 1. The Kier molecular flexibility index (Phi) is 8.32. The Hall–Kier alpha value is -2.77. The van der Waals surface area contributed by atoms with Crippen molar-refractivity contribution in [3.8, 4) is 0 Å². The fourth-order valence-electron chi connectivity index (χ4n) is 5.11. The summed E-state index contributed by atoms with van der Waals surface area (Å²) < 4.78 is 46.4. The molecule has 2 aliphatic heterocycles. The van der Waals surface area contributed by atoms with E-state index in [4.69, 9.17) is 16.3 Å². The van der Waals surface area contributed by atoms with Crippen LogP contribution in [0.4, 0.5) is 15.0 Å². The normalized spacial score (nSPS) is 22.3. The van der Waals surface area contributed by atoms with Gasteiger partial charge < -0.3 is 9.64 Å². The Balaban J connectivity index is 1.44. The summed E-state index contributed by atoms with van der Waals surface area (Å²) in [5, 5.41) is 2.83. The third-order valence-corrected chi connectivity index (χ3v) is 11.7. The zero-order chi connectivity index (χ0) is 29.4. The predicted octanol–water partition coefficient (Wildman–Crippen LogP) is 4.56. The van der Waals surface area contributed by atoms with Gasteiger partial charge in [-0.15, -0.1) is 15.7 Å². The largest absolute Gasteiger partial charge is 0.537 e. The minimum absolute atomic E-state index is 0.00570. The van der Waals surface area contributed by atoms with E-state index in [0.717, 1.165) is 30.0 Å². The second-order valence-corrected chi connectivity index (χ2v) is 14.4. The first-order valence-electron chi connectivity index (χ1n) is 13.2. The maximum Gasteiger partial charge on any atom is 0.537 e. The van der Waals surface area contributed by atoms with E-state index in [-0.39, 0.29) is 53.2 Å². The molecule has 1 amide bonds. The number of piperazine rings is 1. The van der Waals surface area contributed by atoms with Crippen molar-refractivity contribution in [2.45, 2.75) is 42.5 Å². The van der Waals surface area contributed by atoms with Gasteiger partial charge in [0.1, 0.15) is 35.0 Å².